The number of amides is 1. The van der Waals surface area contributed by atoms with E-state index in [0.29, 0.717) is 11.3 Å². The summed E-state index contributed by atoms with van der Waals surface area (Å²) in [5.41, 5.74) is 2.89. The van der Waals surface area contributed by atoms with Crippen LogP contribution >= 0.6 is 11.3 Å². The predicted molar refractivity (Wildman–Crippen MR) is 133 cm³/mol. The number of nitrogens with zero attached hydrogens (tertiary/aromatic N) is 3. The van der Waals surface area contributed by atoms with E-state index in [-0.39, 0.29) is 43.2 Å². The fraction of sp³-hybridized carbons (Fsp3) is 0.192. The van der Waals surface area contributed by atoms with E-state index in [0.717, 1.165) is 21.1 Å². The number of ketones is 1. The van der Waals surface area contributed by atoms with Crippen LogP contribution in [-0.4, -0.2) is 33.0 Å². The highest BCUT2D eigenvalue weighted by molar-refractivity contribution is 7.18. The SMILES string of the molecule is Cc1nc(-c2ccccc2)sc1-c1ccc(=O)n(CCNC(=O)CCC(=O)c2ccccc2)n1. The van der Waals surface area contributed by atoms with Crippen molar-refractivity contribution in [2.75, 3.05) is 6.54 Å². The van der Waals surface area contributed by atoms with Crippen molar-refractivity contribution in [3.05, 3.63) is 94.4 Å². The fourth-order valence-corrected chi connectivity index (χ4v) is 4.49. The zero-order valence-corrected chi connectivity index (χ0v) is 19.5. The van der Waals surface area contributed by atoms with E-state index in [9.17, 15) is 14.4 Å². The Morgan fingerprint density at radius 3 is 2.38 bits per heavy atom. The van der Waals surface area contributed by atoms with Crippen molar-refractivity contribution in [1.29, 1.82) is 0 Å². The van der Waals surface area contributed by atoms with Crippen LogP contribution in [0.5, 0.6) is 0 Å². The molecule has 0 saturated heterocycles. The molecule has 2 heterocycles. The maximum atomic E-state index is 12.3. The zero-order chi connectivity index (χ0) is 23.9. The number of carbonyl (C=O) groups excluding carboxylic acids is 2. The summed E-state index contributed by atoms with van der Waals surface area (Å²) in [6, 6.07) is 22.0. The number of hydrogen-bond donors (Lipinski definition) is 1. The highest BCUT2D eigenvalue weighted by Gasteiger charge is 2.14. The first-order chi connectivity index (χ1) is 16.5. The maximum Gasteiger partial charge on any atom is 0.266 e. The minimum absolute atomic E-state index is 0.0730. The van der Waals surface area contributed by atoms with Crippen LogP contribution in [0, 0.1) is 6.92 Å². The van der Waals surface area contributed by atoms with Crippen molar-refractivity contribution in [3.63, 3.8) is 0 Å². The third-order valence-corrected chi connectivity index (χ3v) is 6.47. The summed E-state index contributed by atoms with van der Waals surface area (Å²) >= 11 is 1.53. The molecular weight excluding hydrogens is 448 g/mol. The zero-order valence-electron chi connectivity index (χ0n) is 18.7. The number of rotatable bonds is 9. The Hall–Kier alpha value is -3.91. The van der Waals surface area contributed by atoms with Crippen LogP contribution in [-0.2, 0) is 11.3 Å². The van der Waals surface area contributed by atoms with Gasteiger partial charge >= 0.3 is 0 Å². The lowest BCUT2D eigenvalue weighted by Gasteiger charge is -2.08. The number of Topliss-reactive ketones (excluding diaryl/α,β-unsaturated/α-hetero) is 1. The standard InChI is InChI=1S/C26H24N4O3S/c1-18-25(34-26(28-18)20-10-6-3-7-11-20)21-12-15-24(33)30(29-21)17-16-27-23(32)14-13-22(31)19-8-4-2-5-9-19/h2-12,15H,13-14,16-17H2,1H3,(H,27,32). The average Bonchev–Trinajstić information content (AvgIpc) is 3.26. The predicted octanol–water partition coefficient (Wildman–Crippen LogP) is 4.12. The summed E-state index contributed by atoms with van der Waals surface area (Å²) < 4.78 is 1.34. The van der Waals surface area contributed by atoms with Gasteiger partial charge in [0.1, 0.15) is 10.7 Å². The second-order valence-corrected chi connectivity index (χ2v) is 8.72. The fourth-order valence-electron chi connectivity index (χ4n) is 3.45. The van der Waals surface area contributed by atoms with Crippen LogP contribution in [0.3, 0.4) is 0 Å². The van der Waals surface area contributed by atoms with Crippen molar-refractivity contribution in [2.24, 2.45) is 0 Å². The molecule has 2 aromatic heterocycles. The largest absolute Gasteiger partial charge is 0.354 e. The number of nitrogens with one attached hydrogen (secondary N) is 1. The van der Waals surface area contributed by atoms with Gasteiger partial charge < -0.3 is 5.32 Å². The highest BCUT2D eigenvalue weighted by Crippen LogP contribution is 2.33. The summed E-state index contributed by atoms with van der Waals surface area (Å²) in [5.74, 6) is -0.310. The molecule has 0 atom stereocenters. The Morgan fingerprint density at radius 1 is 0.941 bits per heavy atom. The van der Waals surface area contributed by atoms with Gasteiger partial charge in [-0.05, 0) is 13.0 Å². The maximum absolute atomic E-state index is 12.3. The first kappa shape index (κ1) is 23.3. The molecule has 1 N–H and O–H groups in total. The van der Waals surface area contributed by atoms with E-state index in [1.807, 2.05) is 43.3 Å². The van der Waals surface area contributed by atoms with Crippen LogP contribution in [0.15, 0.2) is 77.6 Å². The number of carbonyl (C=O) groups is 2. The monoisotopic (exact) mass is 472 g/mol. The van der Waals surface area contributed by atoms with Crippen LogP contribution < -0.4 is 10.9 Å². The van der Waals surface area contributed by atoms with E-state index in [2.05, 4.69) is 15.4 Å². The van der Waals surface area contributed by atoms with E-state index >= 15 is 0 Å². The van der Waals surface area contributed by atoms with Gasteiger partial charge in [0.25, 0.3) is 5.56 Å². The molecule has 0 bridgehead atoms. The highest BCUT2D eigenvalue weighted by atomic mass is 32.1. The Balaban J connectivity index is 1.36. The molecule has 34 heavy (non-hydrogen) atoms. The van der Waals surface area contributed by atoms with E-state index in [1.54, 1.807) is 30.3 Å². The molecule has 4 rings (SSSR count). The molecule has 0 saturated carbocycles. The van der Waals surface area contributed by atoms with Gasteiger partial charge in [0, 0.05) is 36.6 Å². The Bertz CT molecular complexity index is 1350. The lowest BCUT2D eigenvalue weighted by molar-refractivity contribution is -0.121. The Labute approximate surface area is 201 Å². The summed E-state index contributed by atoms with van der Waals surface area (Å²) in [7, 11) is 0. The first-order valence-corrected chi connectivity index (χ1v) is 11.8. The van der Waals surface area contributed by atoms with Gasteiger partial charge in [-0.3, -0.25) is 14.4 Å². The van der Waals surface area contributed by atoms with Gasteiger partial charge in [0.05, 0.1) is 17.1 Å². The van der Waals surface area contributed by atoms with Crippen molar-refractivity contribution in [2.45, 2.75) is 26.3 Å². The number of aryl methyl sites for hydroxylation is 1. The molecule has 4 aromatic rings. The van der Waals surface area contributed by atoms with Crippen molar-refractivity contribution in [1.82, 2.24) is 20.1 Å². The quantitative estimate of drug-likeness (QED) is 0.370. The van der Waals surface area contributed by atoms with Crippen LogP contribution in [0.1, 0.15) is 28.9 Å². The molecule has 0 aliphatic heterocycles. The summed E-state index contributed by atoms with van der Waals surface area (Å²) in [4.78, 5) is 42.1. The van der Waals surface area contributed by atoms with Gasteiger partial charge in [-0.1, -0.05) is 60.7 Å². The summed E-state index contributed by atoms with van der Waals surface area (Å²) in [6.07, 6.45) is 0.232. The smallest absolute Gasteiger partial charge is 0.266 e. The lowest BCUT2D eigenvalue weighted by Crippen LogP contribution is -2.32. The van der Waals surface area contributed by atoms with Gasteiger partial charge in [-0.2, -0.15) is 5.10 Å². The number of thiazole rings is 1. The number of hydrogen-bond acceptors (Lipinski definition) is 6. The van der Waals surface area contributed by atoms with E-state index in [4.69, 9.17) is 0 Å². The second-order valence-electron chi connectivity index (χ2n) is 7.72. The summed E-state index contributed by atoms with van der Waals surface area (Å²) in [6.45, 7) is 2.40. The Morgan fingerprint density at radius 2 is 1.65 bits per heavy atom. The van der Waals surface area contributed by atoms with Gasteiger partial charge in [-0.25, -0.2) is 9.67 Å². The van der Waals surface area contributed by atoms with Gasteiger partial charge in [-0.15, -0.1) is 11.3 Å². The minimum Gasteiger partial charge on any atom is -0.354 e. The molecule has 0 spiro atoms. The van der Waals surface area contributed by atoms with Crippen LogP contribution in [0.25, 0.3) is 21.1 Å². The average molecular weight is 473 g/mol. The first-order valence-electron chi connectivity index (χ1n) is 11.0. The van der Waals surface area contributed by atoms with Crippen molar-refractivity contribution < 1.29 is 9.59 Å². The lowest BCUT2D eigenvalue weighted by atomic mass is 10.1. The van der Waals surface area contributed by atoms with Gasteiger partial charge in [0.15, 0.2) is 5.78 Å². The van der Waals surface area contributed by atoms with E-state index in [1.165, 1.54) is 22.1 Å². The normalized spacial score (nSPS) is 10.7. The van der Waals surface area contributed by atoms with Crippen molar-refractivity contribution >= 4 is 23.0 Å². The van der Waals surface area contributed by atoms with Crippen LogP contribution in [0.2, 0.25) is 0 Å². The van der Waals surface area contributed by atoms with Crippen LogP contribution in [0.4, 0.5) is 0 Å². The van der Waals surface area contributed by atoms with Gasteiger partial charge in [0.2, 0.25) is 5.91 Å². The molecule has 0 radical (unpaired) electrons. The molecule has 0 aliphatic rings. The molecule has 2 aromatic carbocycles. The van der Waals surface area contributed by atoms with Crippen molar-refractivity contribution in [3.8, 4) is 21.1 Å². The Kier molecular flexibility index (Phi) is 7.39. The second kappa shape index (κ2) is 10.8. The molecule has 8 heteroatoms. The molecule has 0 unspecified atom stereocenters. The third kappa shape index (κ3) is 5.71. The molecule has 0 aliphatic carbocycles. The third-order valence-electron chi connectivity index (χ3n) is 5.24. The molecule has 7 nitrogen and oxygen atoms in total. The topological polar surface area (TPSA) is 94.0 Å². The molecule has 1 amide bonds. The molecular formula is C26H24N4O3S. The summed E-state index contributed by atoms with van der Waals surface area (Å²) in [5, 5.41) is 8.14. The molecule has 172 valence electrons. The van der Waals surface area contributed by atoms with E-state index < -0.39 is 0 Å². The number of aromatic nitrogens is 3. The number of benzene rings is 2. The minimum atomic E-state index is -0.247. The molecule has 0 fully saturated rings.